The molecule has 0 amide bonds. The van der Waals surface area contributed by atoms with Crippen molar-refractivity contribution in [2.24, 2.45) is 0 Å². The summed E-state index contributed by atoms with van der Waals surface area (Å²) in [6.45, 7) is 4.86. The van der Waals surface area contributed by atoms with Crippen molar-refractivity contribution in [2.75, 3.05) is 13.2 Å². The first kappa shape index (κ1) is 14.6. The molecule has 0 heterocycles. The molecule has 2 rings (SSSR count). The lowest BCUT2D eigenvalue weighted by Gasteiger charge is -2.17. The lowest BCUT2D eigenvalue weighted by Crippen LogP contribution is -2.09. The molecule has 0 aliphatic rings. The van der Waals surface area contributed by atoms with Gasteiger partial charge in [-0.3, -0.25) is 0 Å². The van der Waals surface area contributed by atoms with Gasteiger partial charge < -0.3 is 9.84 Å². The van der Waals surface area contributed by atoms with Gasteiger partial charge in [-0.1, -0.05) is 48.0 Å². The molecule has 1 unspecified atom stereocenters. The topological polar surface area (TPSA) is 29.5 Å². The second kappa shape index (κ2) is 7.11. The number of ether oxygens (including phenoxy) is 1. The first-order valence-corrected chi connectivity index (χ1v) is 7.12. The first-order valence-electron chi connectivity index (χ1n) is 7.12. The number of hydrogen-bond acceptors (Lipinski definition) is 2. The number of aliphatic hydroxyl groups is 1. The van der Waals surface area contributed by atoms with Crippen LogP contribution < -0.4 is 4.74 Å². The van der Waals surface area contributed by atoms with E-state index in [1.165, 1.54) is 11.1 Å². The summed E-state index contributed by atoms with van der Waals surface area (Å²) < 4.78 is 5.66. The Balaban J connectivity index is 2.22. The maximum Gasteiger partial charge on any atom is 0.122 e. The lowest BCUT2D eigenvalue weighted by atomic mass is 9.91. The number of hydrogen-bond donors (Lipinski definition) is 1. The normalized spacial score (nSPS) is 12.2. The zero-order valence-corrected chi connectivity index (χ0v) is 12.2. The Labute approximate surface area is 121 Å². The molecule has 1 atom stereocenters. The standard InChI is InChI=1S/C18H22O2/c1-3-20-18-10-5-4-8-16(18)12-17(13-19)15-9-6-7-14(2)11-15/h4-11,17,19H,3,12-13H2,1-2H3. The highest BCUT2D eigenvalue weighted by atomic mass is 16.5. The van der Waals surface area contributed by atoms with Crippen LogP contribution in [0.5, 0.6) is 5.75 Å². The minimum atomic E-state index is 0.108. The largest absolute Gasteiger partial charge is 0.494 e. The van der Waals surface area contributed by atoms with Crippen molar-refractivity contribution in [3.05, 3.63) is 65.2 Å². The molecule has 1 N–H and O–H groups in total. The quantitative estimate of drug-likeness (QED) is 0.867. The summed E-state index contributed by atoms with van der Waals surface area (Å²) in [7, 11) is 0. The van der Waals surface area contributed by atoms with Crippen LogP contribution in [0.15, 0.2) is 48.5 Å². The summed E-state index contributed by atoms with van der Waals surface area (Å²) in [5.41, 5.74) is 3.55. The highest BCUT2D eigenvalue weighted by Crippen LogP contribution is 2.26. The van der Waals surface area contributed by atoms with Gasteiger partial charge in [-0.2, -0.15) is 0 Å². The molecule has 0 bridgehead atoms. The van der Waals surface area contributed by atoms with Gasteiger partial charge in [0.1, 0.15) is 5.75 Å². The second-order valence-electron chi connectivity index (χ2n) is 5.04. The van der Waals surface area contributed by atoms with Crippen LogP contribution in [-0.4, -0.2) is 18.3 Å². The van der Waals surface area contributed by atoms with Crippen molar-refractivity contribution in [3.63, 3.8) is 0 Å². The predicted molar refractivity (Wildman–Crippen MR) is 82.3 cm³/mol. The molecular weight excluding hydrogens is 248 g/mol. The van der Waals surface area contributed by atoms with Crippen LogP contribution in [0.25, 0.3) is 0 Å². The average Bonchev–Trinajstić information content (AvgIpc) is 2.46. The third-order valence-electron chi connectivity index (χ3n) is 3.47. The molecule has 0 radical (unpaired) electrons. The van der Waals surface area contributed by atoms with E-state index in [9.17, 15) is 5.11 Å². The van der Waals surface area contributed by atoms with Crippen LogP contribution in [0, 0.1) is 6.92 Å². The highest BCUT2D eigenvalue weighted by Gasteiger charge is 2.14. The number of aryl methyl sites for hydroxylation is 1. The van der Waals surface area contributed by atoms with Crippen molar-refractivity contribution < 1.29 is 9.84 Å². The van der Waals surface area contributed by atoms with Crippen LogP contribution in [0.4, 0.5) is 0 Å². The molecule has 0 aromatic heterocycles. The zero-order chi connectivity index (χ0) is 14.4. The fourth-order valence-electron chi connectivity index (χ4n) is 2.45. The monoisotopic (exact) mass is 270 g/mol. The van der Waals surface area contributed by atoms with Crippen molar-refractivity contribution in [1.29, 1.82) is 0 Å². The Morgan fingerprint density at radius 1 is 1.10 bits per heavy atom. The Morgan fingerprint density at radius 3 is 2.60 bits per heavy atom. The summed E-state index contributed by atoms with van der Waals surface area (Å²) in [4.78, 5) is 0. The Bertz CT molecular complexity index is 549. The van der Waals surface area contributed by atoms with Crippen LogP contribution in [-0.2, 0) is 6.42 Å². The minimum absolute atomic E-state index is 0.108. The molecule has 0 saturated carbocycles. The Kier molecular flexibility index (Phi) is 5.19. The highest BCUT2D eigenvalue weighted by molar-refractivity contribution is 5.36. The molecule has 2 aromatic rings. The van der Waals surface area contributed by atoms with Gasteiger partial charge in [0.05, 0.1) is 13.2 Å². The van der Waals surface area contributed by atoms with Gasteiger partial charge in [0.2, 0.25) is 0 Å². The van der Waals surface area contributed by atoms with Crippen LogP contribution in [0.1, 0.15) is 29.5 Å². The molecular formula is C18H22O2. The molecule has 0 aliphatic carbocycles. The summed E-state index contributed by atoms with van der Waals surface area (Å²) in [5.74, 6) is 1.03. The molecule has 2 heteroatoms. The van der Waals surface area contributed by atoms with Gasteiger partial charge in [0.15, 0.2) is 0 Å². The van der Waals surface area contributed by atoms with Gasteiger partial charge in [0, 0.05) is 5.92 Å². The van der Waals surface area contributed by atoms with Gasteiger partial charge >= 0.3 is 0 Å². The molecule has 2 aromatic carbocycles. The molecule has 0 saturated heterocycles. The Hall–Kier alpha value is -1.80. The van der Waals surface area contributed by atoms with Crippen LogP contribution in [0.2, 0.25) is 0 Å². The smallest absolute Gasteiger partial charge is 0.122 e. The fraction of sp³-hybridized carbons (Fsp3) is 0.333. The van der Waals surface area contributed by atoms with E-state index in [1.54, 1.807) is 0 Å². The van der Waals surface area contributed by atoms with E-state index in [-0.39, 0.29) is 12.5 Å². The molecule has 0 fully saturated rings. The maximum atomic E-state index is 9.71. The molecule has 106 valence electrons. The van der Waals surface area contributed by atoms with Crippen molar-refractivity contribution in [2.45, 2.75) is 26.2 Å². The molecule has 0 spiro atoms. The van der Waals surface area contributed by atoms with Gasteiger partial charge in [-0.25, -0.2) is 0 Å². The van der Waals surface area contributed by atoms with E-state index >= 15 is 0 Å². The molecule has 0 aliphatic heterocycles. The first-order chi connectivity index (χ1) is 9.74. The van der Waals surface area contributed by atoms with E-state index in [4.69, 9.17) is 4.74 Å². The zero-order valence-electron chi connectivity index (χ0n) is 12.2. The van der Waals surface area contributed by atoms with E-state index in [1.807, 2.05) is 31.2 Å². The number of aliphatic hydroxyl groups excluding tert-OH is 1. The van der Waals surface area contributed by atoms with E-state index < -0.39 is 0 Å². The van der Waals surface area contributed by atoms with Crippen LogP contribution in [0.3, 0.4) is 0 Å². The third kappa shape index (κ3) is 3.61. The van der Waals surface area contributed by atoms with E-state index in [0.29, 0.717) is 6.61 Å². The summed E-state index contributed by atoms with van der Waals surface area (Å²) in [6, 6.07) is 16.4. The maximum absolute atomic E-state index is 9.71. The Morgan fingerprint density at radius 2 is 1.90 bits per heavy atom. The average molecular weight is 270 g/mol. The number of benzene rings is 2. The second-order valence-corrected chi connectivity index (χ2v) is 5.04. The van der Waals surface area contributed by atoms with Gasteiger partial charge in [-0.15, -0.1) is 0 Å². The summed E-state index contributed by atoms with van der Waals surface area (Å²) >= 11 is 0. The SMILES string of the molecule is CCOc1ccccc1CC(CO)c1cccc(C)c1. The number of rotatable bonds is 6. The van der Waals surface area contributed by atoms with E-state index in [0.717, 1.165) is 17.7 Å². The van der Waals surface area contributed by atoms with Crippen molar-refractivity contribution in [1.82, 2.24) is 0 Å². The van der Waals surface area contributed by atoms with Gasteiger partial charge in [0.25, 0.3) is 0 Å². The predicted octanol–water partition coefficient (Wildman–Crippen LogP) is 3.71. The lowest BCUT2D eigenvalue weighted by molar-refractivity contribution is 0.262. The minimum Gasteiger partial charge on any atom is -0.494 e. The van der Waals surface area contributed by atoms with Gasteiger partial charge in [-0.05, 0) is 37.5 Å². The van der Waals surface area contributed by atoms with Crippen molar-refractivity contribution >= 4 is 0 Å². The van der Waals surface area contributed by atoms with E-state index in [2.05, 4.69) is 31.2 Å². The molecule has 20 heavy (non-hydrogen) atoms. The summed E-state index contributed by atoms with van der Waals surface area (Å²) in [6.07, 6.45) is 0.788. The van der Waals surface area contributed by atoms with Crippen LogP contribution >= 0.6 is 0 Å². The third-order valence-corrected chi connectivity index (χ3v) is 3.47. The summed E-state index contributed by atoms with van der Waals surface area (Å²) in [5, 5.41) is 9.71. The van der Waals surface area contributed by atoms with Crippen molar-refractivity contribution in [3.8, 4) is 5.75 Å². The number of para-hydroxylation sites is 1. The molecule has 2 nitrogen and oxygen atoms in total. The fourth-order valence-corrected chi connectivity index (χ4v) is 2.45.